The molecule has 1 unspecified atom stereocenters. The van der Waals surface area contributed by atoms with Gasteiger partial charge in [0, 0.05) is 35.5 Å². The summed E-state index contributed by atoms with van der Waals surface area (Å²) in [6.45, 7) is 5.64. The molecule has 3 aliphatic rings. The van der Waals surface area contributed by atoms with Crippen LogP contribution in [0.2, 0.25) is 0 Å². The molecule has 1 aromatic heterocycles. The lowest BCUT2D eigenvalue weighted by Crippen LogP contribution is -2.47. The number of hydrogen-bond acceptors (Lipinski definition) is 4. The lowest BCUT2D eigenvalue weighted by molar-refractivity contribution is -0.149. The Hall–Kier alpha value is -2.85. The van der Waals surface area contributed by atoms with Crippen molar-refractivity contribution in [2.24, 2.45) is 11.8 Å². The Bertz CT molecular complexity index is 1320. The normalized spacial score (nSPS) is 22.9. The highest BCUT2D eigenvalue weighted by Gasteiger charge is 2.41. The number of halogens is 3. The van der Waals surface area contributed by atoms with Crippen LogP contribution in [0.3, 0.4) is 0 Å². The molecular formula is C32H42F3N3O4. The molecule has 1 aromatic carbocycles. The molecule has 0 saturated heterocycles. The van der Waals surface area contributed by atoms with Crippen LogP contribution in [-0.4, -0.2) is 51.1 Å². The number of amides is 2. The van der Waals surface area contributed by atoms with Crippen molar-refractivity contribution in [3.05, 3.63) is 46.6 Å². The van der Waals surface area contributed by atoms with Crippen LogP contribution in [0.4, 0.5) is 13.2 Å². The van der Waals surface area contributed by atoms with Crippen molar-refractivity contribution in [2.45, 2.75) is 115 Å². The summed E-state index contributed by atoms with van der Waals surface area (Å²) < 4.78 is 41.9. The van der Waals surface area contributed by atoms with Crippen LogP contribution in [0.25, 0.3) is 11.3 Å². The van der Waals surface area contributed by atoms with Crippen molar-refractivity contribution in [3.63, 3.8) is 0 Å². The third kappa shape index (κ3) is 6.54. The SMILES string of the molecule is Cc1c(C(=O)N[C@H]2C[C@H](C(O)O)C2)cc(-c2cc(C(=O)NC(C)C(F)(F)F)cc(C3(C)CC3)c2)n1CC1CCCCC1. The first kappa shape index (κ1) is 30.6. The average Bonchev–Trinajstić information content (AvgIpc) is 3.59. The summed E-state index contributed by atoms with van der Waals surface area (Å²) in [5.74, 6) is -0.830. The highest BCUT2D eigenvalue weighted by Crippen LogP contribution is 2.49. The van der Waals surface area contributed by atoms with Crippen LogP contribution >= 0.6 is 0 Å². The van der Waals surface area contributed by atoms with Crippen LogP contribution in [0, 0.1) is 18.8 Å². The van der Waals surface area contributed by atoms with Gasteiger partial charge in [0.1, 0.15) is 6.04 Å². The van der Waals surface area contributed by atoms with Gasteiger partial charge in [0.2, 0.25) is 0 Å². The molecule has 3 aliphatic carbocycles. The highest BCUT2D eigenvalue weighted by molar-refractivity contribution is 5.98. The minimum atomic E-state index is -4.55. The number of nitrogens with zero attached hydrogens (tertiary/aromatic N) is 1. The first-order chi connectivity index (χ1) is 19.7. The van der Waals surface area contributed by atoms with Gasteiger partial charge in [0.25, 0.3) is 11.8 Å². The number of aliphatic hydroxyl groups is 2. The number of nitrogens with one attached hydrogen (secondary N) is 2. The van der Waals surface area contributed by atoms with Gasteiger partial charge in [0.05, 0.1) is 5.56 Å². The Kier molecular flexibility index (Phi) is 8.51. The van der Waals surface area contributed by atoms with E-state index >= 15 is 0 Å². The molecule has 1 heterocycles. The standard InChI is InChI=1S/C32H42F3N3O4/c1-18-26(29(40)37-25-14-23(15-25)30(41)42)16-27(38(18)17-20-7-5-4-6-8-20)21-11-22(13-24(12-21)31(3)9-10-31)28(39)36-19(2)32(33,34)35/h11-13,16,19-20,23,25,30,41-42H,4-10,14-15,17H2,1-3H3,(H,36,39)(H,37,40)/t19?,23-,25-. The van der Waals surface area contributed by atoms with Gasteiger partial charge in [-0.25, -0.2) is 0 Å². The van der Waals surface area contributed by atoms with Gasteiger partial charge >= 0.3 is 6.18 Å². The molecule has 3 fully saturated rings. The molecule has 3 saturated carbocycles. The van der Waals surface area contributed by atoms with Gasteiger partial charge in [-0.2, -0.15) is 13.2 Å². The number of aromatic nitrogens is 1. The number of benzene rings is 1. The fraction of sp³-hybridized carbons (Fsp3) is 0.625. The average molecular weight is 590 g/mol. The summed E-state index contributed by atoms with van der Waals surface area (Å²) in [6, 6.07) is 5.06. The lowest BCUT2D eigenvalue weighted by atomic mass is 9.79. The minimum Gasteiger partial charge on any atom is -0.368 e. The van der Waals surface area contributed by atoms with Gasteiger partial charge in [-0.05, 0) is 99.1 Å². The molecule has 42 heavy (non-hydrogen) atoms. The van der Waals surface area contributed by atoms with Crippen molar-refractivity contribution in [2.75, 3.05) is 0 Å². The maximum Gasteiger partial charge on any atom is 0.408 e. The van der Waals surface area contributed by atoms with Crippen LogP contribution in [0.15, 0.2) is 24.3 Å². The number of hydrogen-bond donors (Lipinski definition) is 4. The van der Waals surface area contributed by atoms with Crippen LogP contribution in [0.1, 0.15) is 104 Å². The zero-order valence-electron chi connectivity index (χ0n) is 24.6. The Morgan fingerprint density at radius 2 is 1.71 bits per heavy atom. The molecule has 0 spiro atoms. The first-order valence-corrected chi connectivity index (χ1v) is 15.2. The van der Waals surface area contributed by atoms with Crippen molar-refractivity contribution in [1.82, 2.24) is 15.2 Å². The van der Waals surface area contributed by atoms with Crippen LogP contribution in [-0.2, 0) is 12.0 Å². The molecule has 7 nitrogen and oxygen atoms in total. The molecule has 230 valence electrons. The van der Waals surface area contributed by atoms with E-state index in [2.05, 4.69) is 22.1 Å². The lowest BCUT2D eigenvalue weighted by Gasteiger charge is -2.36. The number of alkyl halides is 3. The molecule has 2 amide bonds. The summed E-state index contributed by atoms with van der Waals surface area (Å²) in [5.41, 5.74) is 3.71. The molecule has 2 aromatic rings. The molecule has 4 N–H and O–H groups in total. The maximum absolute atomic E-state index is 13.4. The van der Waals surface area contributed by atoms with Crippen LogP contribution < -0.4 is 10.6 Å². The van der Waals surface area contributed by atoms with Gasteiger partial charge < -0.3 is 25.4 Å². The molecule has 10 heteroatoms. The monoisotopic (exact) mass is 589 g/mol. The molecule has 0 bridgehead atoms. The third-order valence-corrected chi connectivity index (χ3v) is 9.73. The summed E-state index contributed by atoms with van der Waals surface area (Å²) in [4.78, 5) is 26.5. The number of carbonyl (C=O) groups is 2. The second-order valence-electron chi connectivity index (χ2n) is 13.1. The van der Waals surface area contributed by atoms with Crippen molar-refractivity contribution in [1.29, 1.82) is 0 Å². The Morgan fingerprint density at radius 1 is 1.05 bits per heavy atom. The summed E-state index contributed by atoms with van der Waals surface area (Å²) in [7, 11) is 0. The van der Waals surface area contributed by atoms with E-state index in [1.54, 1.807) is 12.1 Å². The number of rotatable bonds is 9. The van der Waals surface area contributed by atoms with E-state index in [-0.39, 0.29) is 28.8 Å². The summed E-state index contributed by atoms with van der Waals surface area (Å²) in [5, 5.41) is 23.9. The van der Waals surface area contributed by atoms with E-state index in [9.17, 15) is 33.0 Å². The number of carbonyl (C=O) groups excluding carboxylic acids is 2. The minimum absolute atomic E-state index is 0.141. The Labute approximate surface area is 244 Å². The topological polar surface area (TPSA) is 104 Å². The van der Waals surface area contributed by atoms with E-state index in [0.29, 0.717) is 36.4 Å². The Morgan fingerprint density at radius 3 is 2.31 bits per heavy atom. The highest BCUT2D eigenvalue weighted by atomic mass is 19.4. The van der Waals surface area contributed by atoms with E-state index < -0.39 is 24.4 Å². The first-order valence-electron chi connectivity index (χ1n) is 15.2. The van der Waals surface area contributed by atoms with Crippen molar-refractivity contribution < 1.29 is 33.0 Å². The van der Waals surface area contributed by atoms with Crippen molar-refractivity contribution in [3.8, 4) is 11.3 Å². The largest absolute Gasteiger partial charge is 0.408 e. The van der Waals surface area contributed by atoms with Crippen molar-refractivity contribution >= 4 is 11.8 Å². The zero-order valence-corrected chi connectivity index (χ0v) is 24.6. The molecule has 5 rings (SSSR count). The van der Waals surface area contributed by atoms with Gasteiger partial charge in [-0.3, -0.25) is 9.59 Å². The fourth-order valence-corrected chi connectivity index (χ4v) is 6.36. The maximum atomic E-state index is 13.4. The fourth-order valence-electron chi connectivity index (χ4n) is 6.36. The van der Waals surface area contributed by atoms with Gasteiger partial charge in [-0.15, -0.1) is 0 Å². The second kappa shape index (κ2) is 11.7. The van der Waals surface area contributed by atoms with E-state index in [0.717, 1.165) is 62.4 Å². The quantitative estimate of drug-likeness (QED) is 0.286. The third-order valence-electron chi connectivity index (χ3n) is 9.73. The number of aliphatic hydroxyl groups excluding tert-OH is 1. The van der Waals surface area contributed by atoms with Gasteiger partial charge in [-0.1, -0.05) is 26.2 Å². The smallest absolute Gasteiger partial charge is 0.368 e. The van der Waals surface area contributed by atoms with E-state index in [1.165, 1.54) is 6.42 Å². The predicted molar refractivity (Wildman–Crippen MR) is 153 cm³/mol. The second-order valence-corrected chi connectivity index (χ2v) is 13.1. The van der Waals surface area contributed by atoms with E-state index in [4.69, 9.17) is 0 Å². The van der Waals surface area contributed by atoms with Gasteiger partial charge in [0.15, 0.2) is 6.29 Å². The molecule has 1 atom stereocenters. The summed E-state index contributed by atoms with van der Waals surface area (Å²) in [6.07, 6.45) is 2.60. The zero-order chi connectivity index (χ0) is 30.4. The molecular weight excluding hydrogens is 547 g/mol. The Balaban J connectivity index is 1.51. The molecule has 0 aliphatic heterocycles. The molecule has 0 radical (unpaired) electrons. The predicted octanol–water partition coefficient (Wildman–Crippen LogP) is 5.60. The van der Waals surface area contributed by atoms with E-state index in [1.807, 2.05) is 19.1 Å². The summed E-state index contributed by atoms with van der Waals surface area (Å²) >= 11 is 0. The van der Waals surface area contributed by atoms with Crippen LogP contribution in [0.5, 0.6) is 0 Å².